The van der Waals surface area contributed by atoms with Crippen molar-refractivity contribution in [1.29, 1.82) is 0 Å². The van der Waals surface area contributed by atoms with Crippen LogP contribution in [-0.2, 0) is 6.18 Å². The first-order valence-electron chi connectivity index (χ1n) is 10.1. The lowest BCUT2D eigenvalue weighted by Crippen LogP contribution is -2.54. The van der Waals surface area contributed by atoms with E-state index in [1.165, 1.54) is 6.42 Å². The van der Waals surface area contributed by atoms with Gasteiger partial charge in [-0.3, -0.25) is 0 Å². The van der Waals surface area contributed by atoms with Crippen LogP contribution in [0.15, 0.2) is 24.3 Å². The van der Waals surface area contributed by atoms with Crippen LogP contribution in [-0.4, -0.2) is 53.1 Å². The van der Waals surface area contributed by atoms with E-state index in [0.717, 1.165) is 25.7 Å². The van der Waals surface area contributed by atoms with Crippen molar-refractivity contribution in [2.75, 3.05) is 31.1 Å². The summed E-state index contributed by atoms with van der Waals surface area (Å²) in [7, 11) is 0. The molecule has 2 heterocycles. The molecule has 1 saturated heterocycles. The van der Waals surface area contributed by atoms with Crippen molar-refractivity contribution in [3.8, 4) is 0 Å². The maximum atomic E-state index is 13.2. The molecule has 2 amide bonds. The van der Waals surface area contributed by atoms with Gasteiger partial charge in [0.15, 0.2) is 0 Å². The number of nitrogens with zero attached hydrogens (tertiary/aromatic N) is 4. The molecule has 156 valence electrons. The van der Waals surface area contributed by atoms with Gasteiger partial charge in [0.05, 0.1) is 5.52 Å². The zero-order valence-corrected chi connectivity index (χ0v) is 16.1. The standard InChI is InChI=1S/C20H24F3N5O/c21-20(22,23)18-25-16-9-5-4-8-15(16)17(26-18)27-10-12-28(13-11-27)19(29)24-14-6-2-1-3-7-14/h4-5,8-9,14H,1-3,6-7,10-13H2,(H,24,29). The number of nitrogens with one attached hydrogen (secondary N) is 1. The topological polar surface area (TPSA) is 61.4 Å². The lowest BCUT2D eigenvalue weighted by molar-refractivity contribution is -0.144. The summed E-state index contributed by atoms with van der Waals surface area (Å²) in [6.07, 6.45) is 0.915. The van der Waals surface area contributed by atoms with E-state index >= 15 is 0 Å². The quantitative estimate of drug-likeness (QED) is 0.822. The number of benzene rings is 1. The Bertz CT molecular complexity index is 874. The van der Waals surface area contributed by atoms with Gasteiger partial charge in [-0.05, 0) is 25.0 Å². The smallest absolute Gasteiger partial charge is 0.352 e. The number of halogens is 3. The first-order valence-corrected chi connectivity index (χ1v) is 10.1. The van der Waals surface area contributed by atoms with E-state index in [1.807, 2.05) is 4.90 Å². The molecule has 0 bridgehead atoms. The van der Waals surface area contributed by atoms with E-state index in [1.54, 1.807) is 29.2 Å². The second-order valence-corrected chi connectivity index (χ2v) is 7.64. The highest BCUT2D eigenvalue weighted by molar-refractivity contribution is 5.89. The number of para-hydroxylation sites is 1. The molecule has 2 fully saturated rings. The highest BCUT2D eigenvalue weighted by Crippen LogP contribution is 2.32. The number of hydrogen-bond acceptors (Lipinski definition) is 4. The van der Waals surface area contributed by atoms with Crippen LogP contribution in [0.5, 0.6) is 0 Å². The monoisotopic (exact) mass is 407 g/mol. The molecule has 1 aromatic heterocycles. The van der Waals surface area contributed by atoms with Crippen LogP contribution in [0.2, 0.25) is 0 Å². The second-order valence-electron chi connectivity index (χ2n) is 7.64. The molecule has 4 rings (SSSR count). The number of aromatic nitrogens is 2. The summed E-state index contributed by atoms with van der Waals surface area (Å²) < 4.78 is 39.7. The fourth-order valence-electron chi connectivity index (χ4n) is 4.06. The molecule has 2 aromatic rings. The Kier molecular flexibility index (Phi) is 5.47. The van der Waals surface area contributed by atoms with Gasteiger partial charge < -0.3 is 15.1 Å². The Labute approximate surface area is 167 Å². The lowest BCUT2D eigenvalue weighted by atomic mass is 9.96. The van der Waals surface area contributed by atoms with E-state index in [9.17, 15) is 18.0 Å². The predicted octanol–water partition coefficient (Wildman–Crippen LogP) is 3.81. The largest absolute Gasteiger partial charge is 0.451 e. The molecule has 1 aliphatic heterocycles. The van der Waals surface area contributed by atoms with Crippen LogP contribution in [0.25, 0.3) is 10.9 Å². The van der Waals surface area contributed by atoms with Gasteiger partial charge in [-0.1, -0.05) is 31.4 Å². The van der Waals surface area contributed by atoms with E-state index in [4.69, 9.17) is 0 Å². The van der Waals surface area contributed by atoms with E-state index < -0.39 is 12.0 Å². The maximum absolute atomic E-state index is 13.2. The van der Waals surface area contributed by atoms with Crippen LogP contribution in [0, 0.1) is 0 Å². The average molecular weight is 407 g/mol. The van der Waals surface area contributed by atoms with Crippen LogP contribution in [0.3, 0.4) is 0 Å². The summed E-state index contributed by atoms with van der Waals surface area (Å²) in [6, 6.07) is 6.86. The van der Waals surface area contributed by atoms with Crippen LogP contribution < -0.4 is 10.2 Å². The molecule has 0 unspecified atom stereocenters. The third kappa shape index (κ3) is 4.38. The van der Waals surface area contributed by atoms with Crippen molar-refractivity contribution in [2.45, 2.75) is 44.3 Å². The number of piperazine rings is 1. The van der Waals surface area contributed by atoms with Gasteiger partial charge in [-0.2, -0.15) is 13.2 Å². The number of rotatable bonds is 2. The van der Waals surface area contributed by atoms with Crippen molar-refractivity contribution in [3.05, 3.63) is 30.1 Å². The summed E-state index contributed by atoms with van der Waals surface area (Å²) >= 11 is 0. The molecule has 6 nitrogen and oxygen atoms in total. The summed E-state index contributed by atoms with van der Waals surface area (Å²) in [5.74, 6) is -0.862. The highest BCUT2D eigenvalue weighted by atomic mass is 19.4. The number of urea groups is 1. The van der Waals surface area contributed by atoms with Gasteiger partial charge in [0.2, 0.25) is 5.82 Å². The van der Waals surface area contributed by atoms with Gasteiger partial charge in [-0.15, -0.1) is 0 Å². The number of fused-ring (bicyclic) bond motifs is 1. The molecular weight excluding hydrogens is 383 g/mol. The molecule has 1 aliphatic carbocycles. The van der Waals surface area contributed by atoms with Crippen LogP contribution >= 0.6 is 0 Å². The Morgan fingerprint density at radius 2 is 1.69 bits per heavy atom. The van der Waals surface area contributed by atoms with Gasteiger partial charge in [0.25, 0.3) is 0 Å². The number of carbonyl (C=O) groups is 1. The number of carbonyl (C=O) groups excluding carboxylic acids is 1. The first kappa shape index (κ1) is 19.7. The minimum atomic E-state index is -4.61. The zero-order chi connectivity index (χ0) is 20.4. The summed E-state index contributed by atoms with van der Waals surface area (Å²) in [6.45, 7) is 1.74. The fraction of sp³-hybridized carbons (Fsp3) is 0.550. The van der Waals surface area contributed by atoms with Crippen molar-refractivity contribution in [3.63, 3.8) is 0 Å². The van der Waals surface area contributed by atoms with E-state index in [-0.39, 0.29) is 23.4 Å². The number of hydrogen-bond donors (Lipinski definition) is 1. The molecule has 0 atom stereocenters. The van der Waals surface area contributed by atoms with Crippen molar-refractivity contribution in [1.82, 2.24) is 20.2 Å². The molecule has 0 radical (unpaired) electrons. The van der Waals surface area contributed by atoms with Gasteiger partial charge in [-0.25, -0.2) is 14.8 Å². The first-order chi connectivity index (χ1) is 13.9. The van der Waals surface area contributed by atoms with Gasteiger partial charge in [0, 0.05) is 37.6 Å². The Morgan fingerprint density at radius 1 is 1.00 bits per heavy atom. The minimum Gasteiger partial charge on any atom is -0.352 e. The summed E-state index contributed by atoms with van der Waals surface area (Å²) in [4.78, 5) is 23.6. The Hall–Kier alpha value is -2.58. The van der Waals surface area contributed by atoms with Crippen molar-refractivity contribution in [2.24, 2.45) is 0 Å². The Balaban J connectivity index is 1.48. The lowest BCUT2D eigenvalue weighted by Gasteiger charge is -2.37. The summed E-state index contributed by atoms with van der Waals surface area (Å²) in [5.41, 5.74) is 0.266. The SMILES string of the molecule is O=C(NC1CCCCC1)N1CCN(c2nc(C(F)(F)F)nc3ccccc23)CC1. The molecule has 29 heavy (non-hydrogen) atoms. The third-order valence-electron chi connectivity index (χ3n) is 5.64. The Morgan fingerprint density at radius 3 is 2.38 bits per heavy atom. The van der Waals surface area contributed by atoms with Crippen molar-refractivity contribution >= 4 is 22.8 Å². The number of alkyl halides is 3. The predicted molar refractivity (Wildman–Crippen MR) is 104 cm³/mol. The number of anilines is 1. The molecular formula is C20H24F3N5O. The molecule has 1 aromatic carbocycles. The van der Waals surface area contributed by atoms with E-state index in [0.29, 0.717) is 31.6 Å². The highest BCUT2D eigenvalue weighted by Gasteiger charge is 2.36. The normalized spacial score (nSPS) is 18.9. The van der Waals surface area contributed by atoms with Crippen LogP contribution in [0.1, 0.15) is 37.9 Å². The molecule has 2 aliphatic rings. The van der Waals surface area contributed by atoms with Gasteiger partial charge >= 0.3 is 12.2 Å². The average Bonchev–Trinajstić information content (AvgIpc) is 2.73. The fourth-order valence-corrected chi connectivity index (χ4v) is 4.06. The minimum absolute atomic E-state index is 0.0833. The second kappa shape index (κ2) is 8.04. The molecule has 9 heteroatoms. The molecule has 0 spiro atoms. The third-order valence-corrected chi connectivity index (χ3v) is 5.64. The number of amides is 2. The zero-order valence-electron chi connectivity index (χ0n) is 16.1. The molecule has 1 N–H and O–H groups in total. The molecule has 1 saturated carbocycles. The van der Waals surface area contributed by atoms with E-state index in [2.05, 4.69) is 15.3 Å². The van der Waals surface area contributed by atoms with Crippen molar-refractivity contribution < 1.29 is 18.0 Å². The van der Waals surface area contributed by atoms with Gasteiger partial charge in [0.1, 0.15) is 5.82 Å². The summed E-state index contributed by atoms with van der Waals surface area (Å²) in [5, 5.41) is 3.68. The maximum Gasteiger partial charge on any atom is 0.451 e. The van der Waals surface area contributed by atoms with Crippen LogP contribution in [0.4, 0.5) is 23.8 Å².